The van der Waals surface area contributed by atoms with E-state index < -0.39 is 23.6 Å². The number of unbranched alkanes of at least 4 members (excludes halogenated alkanes) is 3. The second-order valence-electron chi connectivity index (χ2n) is 7.05. The van der Waals surface area contributed by atoms with Crippen LogP contribution in [0.2, 0.25) is 0 Å². The number of hydrogen-bond donors (Lipinski definition) is 4. The molecule has 0 saturated carbocycles. The predicted octanol–water partition coefficient (Wildman–Crippen LogP) is 1.17. The van der Waals surface area contributed by atoms with Crippen LogP contribution in [0.15, 0.2) is 0 Å². The highest BCUT2D eigenvalue weighted by molar-refractivity contribution is 5.86. The van der Waals surface area contributed by atoms with Crippen LogP contribution in [0.5, 0.6) is 0 Å². The van der Waals surface area contributed by atoms with Gasteiger partial charge in [-0.25, -0.2) is 4.79 Å². The molecule has 0 aliphatic heterocycles. The van der Waals surface area contributed by atoms with E-state index in [1.54, 1.807) is 20.8 Å². The fourth-order valence-electron chi connectivity index (χ4n) is 2.14. The largest absolute Gasteiger partial charge is 0.444 e. The van der Waals surface area contributed by atoms with Crippen LogP contribution in [0.4, 0.5) is 4.79 Å². The lowest BCUT2D eigenvalue weighted by molar-refractivity contribution is -0.127. The molecule has 0 rings (SSSR count). The Morgan fingerprint density at radius 1 is 1.04 bits per heavy atom. The molecule has 0 heterocycles. The number of primary amides is 1. The molecule has 6 N–H and O–H groups in total. The topological polar surface area (TPSA) is 137 Å². The molecule has 8 nitrogen and oxygen atoms in total. The lowest BCUT2D eigenvalue weighted by atomic mass is 10.1. The molecule has 0 aromatic carbocycles. The molecule has 0 saturated heterocycles. The molecule has 3 amide bonds. The molecule has 146 valence electrons. The average molecular weight is 358 g/mol. The summed E-state index contributed by atoms with van der Waals surface area (Å²) in [6.07, 6.45) is 4.17. The fourth-order valence-corrected chi connectivity index (χ4v) is 2.14. The lowest BCUT2D eigenvalue weighted by Gasteiger charge is -2.19. The van der Waals surface area contributed by atoms with E-state index in [0.717, 1.165) is 19.3 Å². The van der Waals surface area contributed by atoms with Gasteiger partial charge in [0, 0.05) is 13.0 Å². The number of rotatable bonds is 12. The monoisotopic (exact) mass is 358 g/mol. The first kappa shape index (κ1) is 23.2. The van der Waals surface area contributed by atoms with Crippen LogP contribution < -0.4 is 22.1 Å². The Morgan fingerprint density at radius 2 is 1.72 bits per heavy atom. The Bertz CT molecular complexity index is 421. The Balaban J connectivity index is 3.95. The van der Waals surface area contributed by atoms with Crippen LogP contribution in [0.3, 0.4) is 0 Å². The van der Waals surface area contributed by atoms with E-state index >= 15 is 0 Å². The van der Waals surface area contributed by atoms with Gasteiger partial charge in [0.25, 0.3) is 0 Å². The van der Waals surface area contributed by atoms with Gasteiger partial charge in [0.15, 0.2) is 0 Å². The first-order valence-corrected chi connectivity index (χ1v) is 8.91. The summed E-state index contributed by atoms with van der Waals surface area (Å²) in [6, 6.07) is -0.677. The normalized spacial score (nSPS) is 12.3. The minimum atomic E-state index is -0.677. The quantitative estimate of drug-likeness (QED) is 0.388. The minimum Gasteiger partial charge on any atom is -0.444 e. The smallest absolute Gasteiger partial charge is 0.407 e. The van der Waals surface area contributed by atoms with Crippen molar-refractivity contribution in [3.8, 4) is 0 Å². The van der Waals surface area contributed by atoms with Gasteiger partial charge in [0.05, 0.1) is 0 Å². The molecule has 8 heteroatoms. The molecule has 0 aliphatic carbocycles. The molecule has 0 fully saturated rings. The second-order valence-corrected chi connectivity index (χ2v) is 7.05. The van der Waals surface area contributed by atoms with E-state index in [1.807, 2.05) is 0 Å². The van der Waals surface area contributed by atoms with E-state index in [9.17, 15) is 14.4 Å². The molecule has 0 radical (unpaired) electrons. The summed E-state index contributed by atoms with van der Waals surface area (Å²) in [7, 11) is 0. The Labute approximate surface area is 150 Å². The van der Waals surface area contributed by atoms with Crippen molar-refractivity contribution < 1.29 is 19.1 Å². The van der Waals surface area contributed by atoms with Crippen molar-refractivity contribution >= 4 is 17.9 Å². The van der Waals surface area contributed by atoms with Gasteiger partial charge in [-0.3, -0.25) is 9.59 Å². The molecule has 0 bridgehead atoms. The standard InChI is InChI=1S/C17H34N4O4/c1-17(2,3)25-16(24)20-12-8-6-9-13(15(19)23)21-14(22)10-5-4-7-11-18/h13H,4-12,18H2,1-3H3,(H2,19,23)(H,20,24)(H,21,22). The summed E-state index contributed by atoms with van der Waals surface area (Å²) in [5.41, 5.74) is 10.2. The predicted molar refractivity (Wildman–Crippen MR) is 96.7 cm³/mol. The molecule has 1 atom stereocenters. The van der Waals surface area contributed by atoms with Gasteiger partial charge in [-0.15, -0.1) is 0 Å². The average Bonchev–Trinajstić information content (AvgIpc) is 2.48. The maximum Gasteiger partial charge on any atom is 0.407 e. The van der Waals surface area contributed by atoms with Gasteiger partial charge in [-0.1, -0.05) is 6.42 Å². The maximum absolute atomic E-state index is 11.8. The maximum atomic E-state index is 11.8. The van der Waals surface area contributed by atoms with Crippen molar-refractivity contribution in [2.24, 2.45) is 11.5 Å². The Hall–Kier alpha value is -1.83. The first-order chi connectivity index (χ1) is 11.7. The van der Waals surface area contributed by atoms with Gasteiger partial charge < -0.3 is 26.8 Å². The molecule has 1 unspecified atom stereocenters. The molecular formula is C17H34N4O4. The zero-order valence-electron chi connectivity index (χ0n) is 15.7. The molecular weight excluding hydrogens is 324 g/mol. The van der Waals surface area contributed by atoms with Crippen molar-refractivity contribution in [3.63, 3.8) is 0 Å². The number of amides is 3. The van der Waals surface area contributed by atoms with Crippen LogP contribution in [0.25, 0.3) is 0 Å². The molecule has 0 aromatic rings. The number of nitrogens with one attached hydrogen (secondary N) is 2. The zero-order chi connectivity index (χ0) is 19.3. The lowest BCUT2D eigenvalue weighted by Crippen LogP contribution is -2.44. The first-order valence-electron chi connectivity index (χ1n) is 8.91. The van der Waals surface area contributed by atoms with E-state index in [2.05, 4.69) is 10.6 Å². The highest BCUT2D eigenvalue weighted by atomic mass is 16.6. The summed E-state index contributed by atoms with van der Waals surface area (Å²) in [5, 5.41) is 5.32. The molecule has 0 aliphatic rings. The number of alkyl carbamates (subject to hydrolysis) is 1. The third-order valence-electron chi connectivity index (χ3n) is 3.37. The van der Waals surface area contributed by atoms with Gasteiger partial charge in [-0.05, 0) is 59.4 Å². The van der Waals surface area contributed by atoms with Crippen molar-refractivity contribution in [1.82, 2.24) is 10.6 Å². The van der Waals surface area contributed by atoms with E-state index in [-0.39, 0.29) is 5.91 Å². The molecule has 0 spiro atoms. The van der Waals surface area contributed by atoms with E-state index in [4.69, 9.17) is 16.2 Å². The van der Waals surface area contributed by atoms with E-state index in [1.165, 1.54) is 0 Å². The highest BCUT2D eigenvalue weighted by Gasteiger charge is 2.18. The summed E-state index contributed by atoms with van der Waals surface area (Å²) in [5.74, 6) is -0.719. The van der Waals surface area contributed by atoms with Crippen molar-refractivity contribution in [3.05, 3.63) is 0 Å². The van der Waals surface area contributed by atoms with Crippen LogP contribution in [-0.4, -0.2) is 42.6 Å². The fraction of sp³-hybridized carbons (Fsp3) is 0.824. The third-order valence-corrected chi connectivity index (χ3v) is 3.37. The van der Waals surface area contributed by atoms with Crippen LogP contribution >= 0.6 is 0 Å². The summed E-state index contributed by atoms with van der Waals surface area (Å²) >= 11 is 0. The number of hydrogen-bond acceptors (Lipinski definition) is 5. The zero-order valence-corrected chi connectivity index (χ0v) is 15.7. The molecule has 25 heavy (non-hydrogen) atoms. The summed E-state index contributed by atoms with van der Waals surface area (Å²) in [6.45, 7) is 6.44. The highest BCUT2D eigenvalue weighted by Crippen LogP contribution is 2.07. The van der Waals surface area contributed by atoms with Crippen LogP contribution in [0, 0.1) is 0 Å². The van der Waals surface area contributed by atoms with Crippen molar-refractivity contribution in [2.75, 3.05) is 13.1 Å². The number of carbonyl (C=O) groups excluding carboxylic acids is 3. The van der Waals surface area contributed by atoms with Gasteiger partial charge in [0.1, 0.15) is 11.6 Å². The number of ether oxygens (including phenoxy) is 1. The third kappa shape index (κ3) is 14.2. The molecule has 0 aromatic heterocycles. The SMILES string of the molecule is CC(C)(C)OC(=O)NCCCCC(NC(=O)CCCCCN)C(N)=O. The Kier molecular flexibility index (Phi) is 11.6. The van der Waals surface area contributed by atoms with Gasteiger partial charge in [-0.2, -0.15) is 0 Å². The van der Waals surface area contributed by atoms with Crippen LogP contribution in [-0.2, 0) is 14.3 Å². The van der Waals surface area contributed by atoms with E-state index in [0.29, 0.717) is 38.8 Å². The van der Waals surface area contributed by atoms with Gasteiger partial charge >= 0.3 is 6.09 Å². The summed E-state index contributed by atoms with van der Waals surface area (Å²) in [4.78, 5) is 34.7. The van der Waals surface area contributed by atoms with Crippen LogP contribution in [0.1, 0.15) is 65.7 Å². The van der Waals surface area contributed by atoms with Crippen molar-refractivity contribution in [1.29, 1.82) is 0 Å². The summed E-state index contributed by atoms with van der Waals surface area (Å²) < 4.78 is 5.12. The Morgan fingerprint density at radius 3 is 2.28 bits per heavy atom. The number of carbonyl (C=O) groups is 3. The number of nitrogens with two attached hydrogens (primary N) is 2. The minimum absolute atomic E-state index is 0.173. The van der Waals surface area contributed by atoms with Gasteiger partial charge in [0.2, 0.25) is 11.8 Å². The second kappa shape index (κ2) is 12.5. The van der Waals surface area contributed by atoms with Crippen molar-refractivity contribution in [2.45, 2.75) is 77.4 Å².